The highest BCUT2D eigenvalue weighted by atomic mass is 16.6. The number of piperazine rings is 1. The molecule has 104 valence electrons. The van der Waals surface area contributed by atoms with Gasteiger partial charge in [-0.2, -0.15) is 0 Å². The molecule has 0 aromatic rings. The Bertz CT molecular complexity index is 306. The van der Waals surface area contributed by atoms with Gasteiger partial charge in [-0.3, -0.25) is 4.79 Å². The summed E-state index contributed by atoms with van der Waals surface area (Å²) in [4.78, 5) is 25.3. The van der Waals surface area contributed by atoms with Crippen molar-refractivity contribution in [2.24, 2.45) is 0 Å². The first-order valence-corrected chi connectivity index (χ1v) is 6.28. The third-order valence-electron chi connectivity index (χ3n) is 2.53. The number of nitrogens with one attached hydrogen (secondary N) is 2. The van der Waals surface area contributed by atoms with Crippen LogP contribution in [-0.4, -0.2) is 54.7 Å². The molecule has 0 aromatic heterocycles. The van der Waals surface area contributed by atoms with Gasteiger partial charge in [0.05, 0.1) is 0 Å². The molecule has 0 bridgehead atoms. The summed E-state index contributed by atoms with van der Waals surface area (Å²) in [5.41, 5.74) is -0.554. The first-order chi connectivity index (χ1) is 8.29. The summed E-state index contributed by atoms with van der Waals surface area (Å²) >= 11 is 0. The highest BCUT2D eigenvalue weighted by Gasteiger charge is 2.25. The average Bonchev–Trinajstić information content (AvgIpc) is 2.26. The second-order valence-corrected chi connectivity index (χ2v) is 5.44. The first-order valence-electron chi connectivity index (χ1n) is 6.28. The Kier molecular flexibility index (Phi) is 4.95. The molecule has 1 saturated heterocycles. The van der Waals surface area contributed by atoms with E-state index in [1.807, 2.05) is 0 Å². The predicted molar refractivity (Wildman–Crippen MR) is 68.3 cm³/mol. The Morgan fingerprint density at radius 3 is 2.33 bits per heavy atom. The summed E-state index contributed by atoms with van der Waals surface area (Å²) in [6.45, 7) is 9.99. The van der Waals surface area contributed by atoms with E-state index in [1.54, 1.807) is 32.6 Å². The van der Waals surface area contributed by atoms with Gasteiger partial charge in [-0.25, -0.2) is 4.79 Å². The van der Waals surface area contributed by atoms with Crippen molar-refractivity contribution in [2.75, 3.05) is 26.2 Å². The smallest absolute Gasteiger partial charge is 0.408 e. The molecule has 1 atom stereocenters. The van der Waals surface area contributed by atoms with E-state index in [0.717, 1.165) is 13.1 Å². The van der Waals surface area contributed by atoms with Crippen LogP contribution in [0, 0.1) is 0 Å². The Hall–Kier alpha value is -1.30. The Morgan fingerprint density at radius 2 is 1.83 bits per heavy atom. The standard InChI is InChI=1S/C12H23N3O3/c1-9(14-11(17)18-12(2,3)4)10(16)15-7-5-13-6-8-15/h9,13H,5-8H2,1-4H3,(H,14,17)/t9-/m0/s1. The highest BCUT2D eigenvalue weighted by Crippen LogP contribution is 2.07. The third kappa shape index (κ3) is 4.91. The van der Waals surface area contributed by atoms with Crippen LogP contribution in [-0.2, 0) is 9.53 Å². The van der Waals surface area contributed by atoms with Crippen molar-refractivity contribution >= 4 is 12.0 Å². The zero-order valence-electron chi connectivity index (χ0n) is 11.6. The van der Waals surface area contributed by atoms with Crippen molar-refractivity contribution in [3.8, 4) is 0 Å². The summed E-state index contributed by atoms with van der Waals surface area (Å²) < 4.78 is 5.11. The number of nitrogens with zero attached hydrogens (tertiary/aromatic N) is 1. The molecule has 1 aliphatic rings. The minimum absolute atomic E-state index is 0.0673. The lowest BCUT2D eigenvalue weighted by Crippen LogP contribution is -2.53. The molecule has 1 aliphatic heterocycles. The first kappa shape index (κ1) is 14.8. The van der Waals surface area contributed by atoms with Crippen molar-refractivity contribution in [3.05, 3.63) is 0 Å². The summed E-state index contributed by atoms with van der Waals surface area (Å²) in [6.07, 6.45) is -0.557. The van der Waals surface area contributed by atoms with E-state index in [4.69, 9.17) is 4.74 Å². The summed E-state index contributed by atoms with van der Waals surface area (Å²) in [7, 11) is 0. The van der Waals surface area contributed by atoms with Crippen LogP contribution < -0.4 is 10.6 Å². The maximum Gasteiger partial charge on any atom is 0.408 e. The molecule has 1 rings (SSSR count). The Morgan fingerprint density at radius 1 is 1.28 bits per heavy atom. The molecular formula is C12H23N3O3. The number of hydrogen-bond donors (Lipinski definition) is 2. The van der Waals surface area contributed by atoms with Crippen molar-refractivity contribution < 1.29 is 14.3 Å². The maximum atomic E-state index is 12.0. The van der Waals surface area contributed by atoms with E-state index >= 15 is 0 Å². The van der Waals surface area contributed by atoms with Crippen molar-refractivity contribution in [3.63, 3.8) is 0 Å². The molecule has 1 fully saturated rings. The van der Waals surface area contributed by atoms with Gasteiger partial charge >= 0.3 is 6.09 Å². The number of amides is 2. The van der Waals surface area contributed by atoms with E-state index in [2.05, 4.69) is 10.6 Å². The van der Waals surface area contributed by atoms with E-state index in [-0.39, 0.29) is 5.91 Å². The molecular weight excluding hydrogens is 234 g/mol. The minimum atomic E-state index is -0.557. The fourth-order valence-electron chi connectivity index (χ4n) is 1.71. The predicted octanol–water partition coefficient (Wildman–Crippen LogP) is 0.331. The summed E-state index contributed by atoms with van der Waals surface area (Å²) in [5.74, 6) is -0.0673. The largest absolute Gasteiger partial charge is 0.444 e. The fraction of sp³-hybridized carbons (Fsp3) is 0.833. The van der Waals surface area contributed by atoms with Crippen LogP contribution in [0.1, 0.15) is 27.7 Å². The van der Waals surface area contributed by atoms with Crippen LogP contribution >= 0.6 is 0 Å². The van der Waals surface area contributed by atoms with Crippen LogP contribution in [0.25, 0.3) is 0 Å². The lowest BCUT2D eigenvalue weighted by molar-refractivity contribution is -0.133. The zero-order valence-corrected chi connectivity index (χ0v) is 11.6. The zero-order chi connectivity index (χ0) is 13.8. The van der Waals surface area contributed by atoms with Gasteiger partial charge in [0.2, 0.25) is 5.91 Å². The van der Waals surface area contributed by atoms with Gasteiger partial charge in [-0.05, 0) is 27.7 Å². The molecule has 0 aliphatic carbocycles. The molecule has 6 nitrogen and oxygen atoms in total. The topological polar surface area (TPSA) is 70.7 Å². The quantitative estimate of drug-likeness (QED) is 0.748. The van der Waals surface area contributed by atoms with Crippen molar-refractivity contribution in [1.29, 1.82) is 0 Å². The number of rotatable bonds is 2. The van der Waals surface area contributed by atoms with Gasteiger partial charge in [-0.1, -0.05) is 0 Å². The molecule has 0 radical (unpaired) electrons. The van der Waals surface area contributed by atoms with E-state index in [9.17, 15) is 9.59 Å². The normalized spacial score (nSPS) is 18.1. The molecule has 2 N–H and O–H groups in total. The fourth-order valence-corrected chi connectivity index (χ4v) is 1.71. The maximum absolute atomic E-state index is 12.0. The van der Waals surface area contributed by atoms with E-state index < -0.39 is 17.7 Å². The molecule has 0 unspecified atom stereocenters. The molecule has 0 saturated carbocycles. The monoisotopic (exact) mass is 257 g/mol. The van der Waals surface area contributed by atoms with Gasteiger partial charge in [0.25, 0.3) is 0 Å². The van der Waals surface area contributed by atoms with E-state index in [0.29, 0.717) is 13.1 Å². The van der Waals surface area contributed by atoms with Crippen LogP contribution in [0.4, 0.5) is 4.79 Å². The highest BCUT2D eigenvalue weighted by molar-refractivity contribution is 5.85. The van der Waals surface area contributed by atoms with Gasteiger partial charge in [0.1, 0.15) is 11.6 Å². The number of carbonyl (C=O) groups excluding carboxylic acids is 2. The number of alkyl carbamates (subject to hydrolysis) is 1. The summed E-state index contributed by atoms with van der Waals surface area (Å²) in [6, 6.07) is -0.557. The van der Waals surface area contributed by atoms with Crippen LogP contribution in [0.5, 0.6) is 0 Å². The molecule has 1 heterocycles. The molecule has 18 heavy (non-hydrogen) atoms. The Labute approximate surface area is 108 Å². The minimum Gasteiger partial charge on any atom is -0.444 e. The Balaban J connectivity index is 2.41. The van der Waals surface area contributed by atoms with Gasteiger partial charge in [-0.15, -0.1) is 0 Å². The summed E-state index contributed by atoms with van der Waals surface area (Å²) in [5, 5.41) is 5.74. The second-order valence-electron chi connectivity index (χ2n) is 5.44. The molecule has 2 amide bonds. The van der Waals surface area contributed by atoms with Gasteiger partial charge < -0.3 is 20.3 Å². The average molecular weight is 257 g/mol. The SMILES string of the molecule is C[C@H](NC(=O)OC(C)(C)C)C(=O)N1CCNCC1. The number of carbonyl (C=O) groups is 2. The third-order valence-corrected chi connectivity index (χ3v) is 2.53. The van der Waals surface area contributed by atoms with Gasteiger partial charge in [0, 0.05) is 26.2 Å². The lowest BCUT2D eigenvalue weighted by atomic mass is 10.2. The number of ether oxygens (including phenoxy) is 1. The van der Waals surface area contributed by atoms with Gasteiger partial charge in [0.15, 0.2) is 0 Å². The van der Waals surface area contributed by atoms with Crippen molar-refractivity contribution in [2.45, 2.75) is 39.3 Å². The molecule has 0 spiro atoms. The molecule has 6 heteroatoms. The molecule has 0 aromatic carbocycles. The van der Waals surface area contributed by atoms with Crippen molar-refractivity contribution in [1.82, 2.24) is 15.5 Å². The number of hydrogen-bond acceptors (Lipinski definition) is 4. The second kappa shape index (κ2) is 6.04. The van der Waals surface area contributed by atoms with Crippen LogP contribution in [0.3, 0.4) is 0 Å². The van der Waals surface area contributed by atoms with Crippen LogP contribution in [0.15, 0.2) is 0 Å². The van der Waals surface area contributed by atoms with E-state index in [1.165, 1.54) is 0 Å². The van der Waals surface area contributed by atoms with Crippen LogP contribution in [0.2, 0.25) is 0 Å². The lowest BCUT2D eigenvalue weighted by Gasteiger charge is -2.30.